The van der Waals surface area contributed by atoms with Crippen LogP contribution in [-0.4, -0.2) is 58.2 Å². The molecule has 2 aliphatic heterocycles. The van der Waals surface area contributed by atoms with Crippen molar-refractivity contribution in [1.82, 2.24) is 34.4 Å². The number of halogens is 1. The van der Waals surface area contributed by atoms with Gasteiger partial charge in [0.15, 0.2) is 17.3 Å². The van der Waals surface area contributed by atoms with E-state index < -0.39 is 11.4 Å². The number of carbonyl (C=O) groups is 1. The molecule has 6 heterocycles. The van der Waals surface area contributed by atoms with E-state index in [2.05, 4.69) is 25.4 Å². The molecule has 11 nitrogen and oxygen atoms in total. The van der Waals surface area contributed by atoms with E-state index in [4.69, 9.17) is 14.5 Å². The fraction of sp³-hybridized carbons (Fsp3) is 0.355. The molecule has 1 aromatic carbocycles. The number of fused-ring (bicyclic) bond motifs is 4. The van der Waals surface area contributed by atoms with Crippen molar-refractivity contribution in [2.75, 3.05) is 5.32 Å². The van der Waals surface area contributed by atoms with Crippen LogP contribution in [-0.2, 0) is 4.74 Å². The Bertz CT molecular complexity index is 1870. The fourth-order valence-corrected chi connectivity index (χ4v) is 6.15. The molecule has 2 bridgehead atoms. The third kappa shape index (κ3) is 4.96. The molecule has 3 atom stereocenters. The lowest BCUT2D eigenvalue weighted by molar-refractivity contribution is 0.0212. The Balaban J connectivity index is 1.14. The topological polar surface area (TPSA) is 120 Å². The van der Waals surface area contributed by atoms with Gasteiger partial charge in [-0.15, -0.1) is 0 Å². The molecule has 0 spiro atoms. The molecular formula is C31H31FN8O3. The number of ether oxygens (including phenoxy) is 2. The van der Waals surface area contributed by atoms with E-state index >= 15 is 4.39 Å². The summed E-state index contributed by atoms with van der Waals surface area (Å²) in [4.78, 5) is 32.8. The van der Waals surface area contributed by atoms with Crippen LogP contribution in [0.3, 0.4) is 0 Å². The van der Waals surface area contributed by atoms with Crippen molar-refractivity contribution in [1.29, 1.82) is 0 Å². The van der Waals surface area contributed by atoms with E-state index in [-0.39, 0.29) is 29.8 Å². The van der Waals surface area contributed by atoms with Crippen LogP contribution >= 0.6 is 0 Å². The minimum atomic E-state index is -0.558. The van der Waals surface area contributed by atoms with Gasteiger partial charge in [0.2, 0.25) is 0 Å². The third-order valence-electron chi connectivity index (χ3n) is 8.09. The lowest BCUT2D eigenvalue weighted by Gasteiger charge is -2.28. The van der Waals surface area contributed by atoms with Gasteiger partial charge < -0.3 is 19.7 Å². The first-order valence-corrected chi connectivity index (χ1v) is 14.3. The average molecular weight is 583 g/mol. The zero-order valence-corrected chi connectivity index (χ0v) is 24.3. The predicted octanol–water partition coefficient (Wildman–Crippen LogP) is 6.31. The highest BCUT2D eigenvalue weighted by atomic mass is 19.1. The van der Waals surface area contributed by atoms with Crippen LogP contribution in [0.5, 0.6) is 11.5 Å². The van der Waals surface area contributed by atoms with E-state index in [9.17, 15) is 4.79 Å². The van der Waals surface area contributed by atoms with Crippen LogP contribution in [0.2, 0.25) is 0 Å². The summed E-state index contributed by atoms with van der Waals surface area (Å²) in [6.07, 6.45) is 7.01. The van der Waals surface area contributed by atoms with Gasteiger partial charge in [0.25, 0.3) is 0 Å². The van der Waals surface area contributed by atoms with Crippen LogP contribution in [0.15, 0.2) is 55.2 Å². The highest BCUT2D eigenvalue weighted by Gasteiger charge is 2.50. The maximum absolute atomic E-state index is 15.6. The first kappa shape index (κ1) is 27.0. The highest BCUT2D eigenvalue weighted by molar-refractivity contribution is 5.87. The molecule has 0 radical (unpaired) electrons. The summed E-state index contributed by atoms with van der Waals surface area (Å²) in [7, 11) is 0. The second-order valence-electron chi connectivity index (χ2n) is 12.1. The number of hydrogen-bond donors (Lipinski definition) is 1. The monoisotopic (exact) mass is 582 g/mol. The van der Waals surface area contributed by atoms with Crippen LogP contribution in [0.25, 0.3) is 16.7 Å². The van der Waals surface area contributed by atoms with Crippen LogP contribution < -0.4 is 10.1 Å². The van der Waals surface area contributed by atoms with E-state index in [0.29, 0.717) is 39.6 Å². The molecule has 5 aromatic rings. The number of anilines is 2. The Morgan fingerprint density at radius 1 is 1.07 bits per heavy atom. The van der Waals surface area contributed by atoms with Crippen molar-refractivity contribution in [3.05, 3.63) is 72.3 Å². The molecule has 2 fully saturated rings. The SMILES string of the molecule is Cc1c(Oc2ccn3ncnc3c2)ccc(Nc2ncnc3ccc([C@@H]4C[C@H]5CC[C@@H]4N5C(=O)OC(C)(C)C)nc23)c1F. The quantitative estimate of drug-likeness (QED) is 0.254. The van der Waals surface area contributed by atoms with E-state index in [1.807, 2.05) is 37.8 Å². The molecule has 4 aromatic heterocycles. The maximum Gasteiger partial charge on any atom is 0.410 e. The van der Waals surface area contributed by atoms with Crippen molar-refractivity contribution in [2.24, 2.45) is 0 Å². The Morgan fingerprint density at radius 2 is 1.93 bits per heavy atom. The molecule has 0 aliphatic carbocycles. The maximum atomic E-state index is 15.6. The number of aromatic nitrogens is 6. The number of carbonyl (C=O) groups excluding carboxylic acids is 1. The number of rotatable bonds is 5. The average Bonchev–Trinajstić information content (AvgIpc) is 3.71. The largest absolute Gasteiger partial charge is 0.457 e. The third-order valence-corrected chi connectivity index (χ3v) is 8.09. The van der Waals surface area contributed by atoms with Crippen molar-refractivity contribution in [3.63, 3.8) is 0 Å². The molecule has 43 heavy (non-hydrogen) atoms. The molecule has 1 N–H and O–H groups in total. The normalized spacial score (nSPS) is 19.7. The Labute approximate surface area is 247 Å². The lowest BCUT2D eigenvalue weighted by Crippen LogP contribution is -2.40. The second kappa shape index (κ2) is 10.1. The second-order valence-corrected chi connectivity index (χ2v) is 12.1. The van der Waals surface area contributed by atoms with Gasteiger partial charge in [-0.2, -0.15) is 5.10 Å². The number of benzene rings is 1. The summed E-state index contributed by atoms with van der Waals surface area (Å²) < 4.78 is 28.9. The van der Waals surface area contributed by atoms with E-state index in [1.54, 1.807) is 41.9 Å². The molecule has 12 heteroatoms. The Morgan fingerprint density at radius 3 is 2.77 bits per heavy atom. The van der Waals surface area contributed by atoms with Gasteiger partial charge in [-0.3, -0.25) is 0 Å². The van der Waals surface area contributed by atoms with Gasteiger partial charge in [0.05, 0.1) is 11.2 Å². The summed E-state index contributed by atoms with van der Waals surface area (Å²) in [5, 5.41) is 7.20. The fourth-order valence-electron chi connectivity index (χ4n) is 6.15. The van der Waals surface area contributed by atoms with E-state index in [1.165, 1.54) is 12.7 Å². The number of nitrogens with zero attached hydrogens (tertiary/aromatic N) is 7. The predicted molar refractivity (Wildman–Crippen MR) is 157 cm³/mol. The number of nitrogens with one attached hydrogen (secondary N) is 1. The Hall–Kier alpha value is -4.87. The van der Waals surface area contributed by atoms with Crippen LogP contribution in [0.1, 0.15) is 57.2 Å². The van der Waals surface area contributed by atoms with Gasteiger partial charge in [0.1, 0.15) is 35.3 Å². The smallest absolute Gasteiger partial charge is 0.410 e. The summed E-state index contributed by atoms with van der Waals surface area (Å²) >= 11 is 0. The van der Waals surface area contributed by atoms with Crippen molar-refractivity contribution in [3.8, 4) is 11.5 Å². The summed E-state index contributed by atoms with van der Waals surface area (Å²) in [6.45, 7) is 7.30. The van der Waals surface area contributed by atoms with Gasteiger partial charge in [-0.1, -0.05) is 0 Å². The van der Waals surface area contributed by atoms with Gasteiger partial charge in [0, 0.05) is 41.5 Å². The van der Waals surface area contributed by atoms with Crippen LogP contribution in [0, 0.1) is 12.7 Å². The molecule has 7 rings (SSSR count). The molecular weight excluding hydrogens is 551 g/mol. The van der Waals surface area contributed by atoms with Gasteiger partial charge in [-0.05, 0) is 77.3 Å². The standard InChI is InChI=1S/C31H31FN8O3/c1-17-25(42-19-11-12-39-26(14-19)34-16-36-39)10-8-22(27(17)32)38-29-28-23(33-15-35-29)7-6-21(37-28)20-13-18-5-9-24(20)40(18)30(41)43-31(2,3)4/h6-8,10-12,14-16,18,20,24H,5,9,13H2,1-4H3,(H,33,35,38)/t18-,20+,24+/m1/s1. The summed E-state index contributed by atoms with van der Waals surface area (Å²) in [5.74, 6) is 0.892. The number of pyridine rings is 2. The minimum absolute atomic E-state index is 0.0175. The summed E-state index contributed by atoms with van der Waals surface area (Å²) in [5.41, 5.74) is 2.66. The van der Waals surface area contributed by atoms with Crippen molar-refractivity contribution >= 4 is 34.3 Å². The summed E-state index contributed by atoms with van der Waals surface area (Å²) in [6, 6.07) is 10.8. The van der Waals surface area contributed by atoms with Crippen LogP contribution in [0.4, 0.5) is 20.7 Å². The molecule has 220 valence electrons. The van der Waals surface area contributed by atoms with Crippen molar-refractivity contribution < 1.29 is 18.7 Å². The van der Waals surface area contributed by atoms with Crippen molar-refractivity contribution in [2.45, 2.75) is 70.6 Å². The number of hydrogen-bond acceptors (Lipinski definition) is 9. The van der Waals surface area contributed by atoms with Gasteiger partial charge >= 0.3 is 6.09 Å². The zero-order valence-electron chi connectivity index (χ0n) is 24.3. The zero-order chi connectivity index (χ0) is 29.9. The van der Waals surface area contributed by atoms with Gasteiger partial charge in [-0.25, -0.2) is 33.6 Å². The molecule has 1 amide bonds. The highest BCUT2D eigenvalue weighted by Crippen LogP contribution is 2.47. The lowest BCUT2D eigenvalue weighted by atomic mass is 9.86. The molecule has 0 saturated carbocycles. The Kier molecular flexibility index (Phi) is 6.37. The first-order valence-electron chi connectivity index (χ1n) is 14.3. The van der Waals surface area contributed by atoms with E-state index in [0.717, 1.165) is 25.0 Å². The molecule has 2 saturated heterocycles. The molecule has 2 aliphatic rings. The number of amides is 1. The minimum Gasteiger partial charge on any atom is -0.457 e. The molecule has 0 unspecified atom stereocenters. The first-order chi connectivity index (χ1) is 20.6.